The number of carbonyl (C=O) groups excluding carboxylic acids is 1. The van der Waals surface area contributed by atoms with Crippen LogP contribution in [0.1, 0.15) is 29.6 Å². The van der Waals surface area contributed by atoms with Crippen LogP contribution >= 0.6 is 15.9 Å². The molecule has 2 N–H and O–H groups in total. The number of aromatic amines is 1. The predicted octanol–water partition coefficient (Wildman–Crippen LogP) is 1.67. The standard InChI is InChI=1S/C12H15BrN2O2/c13-9-2-1-8(5-9)6-15-12(17)10-7-14-4-3-11(10)16/h3-4,7-9H,1-2,5-6H2,(H,14,16)(H,15,17). The second-order valence-electron chi connectivity index (χ2n) is 4.41. The molecule has 4 nitrogen and oxygen atoms in total. The lowest BCUT2D eigenvalue weighted by molar-refractivity contribution is 0.0946. The van der Waals surface area contributed by atoms with E-state index in [-0.39, 0.29) is 16.9 Å². The second kappa shape index (κ2) is 5.49. The predicted molar refractivity (Wildman–Crippen MR) is 69.5 cm³/mol. The van der Waals surface area contributed by atoms with Crippen molar-refractivity contribution in [2.24, 2.45) is 5.92 Å². The van der Waals surface area contributed by atoms with Gasteiger partial charge in [0.25, 0.3) is 5.91 Å². The van der Waals surface area contributed by atoms with E-state index in [1.54, 1.807) is 0 Å². The zero-order valence-corrected chi connectivity index (χ0v) is 11.0. The maximum absolute atomic E-state index is 11.8. The highest BCUT2D eigenvalue weighted by Gasteiger charge is 2.23. The molecule has 0 bridgehead atoms. The van der Waals surface area contributed by atoms with Crippen molar-refractivity contribution < 1.29 is 4.79 Å². The Morgan fingerprint density at radius 2 is 2.35 bits per heavy atom. The number of pyridine rings is 1. The minimum atomic E-state index is -0.287. The molecule has 92 valence electrons. The van der Waals surface area contributed by atoms with Crippen LogP contribution in [0.15, 0.2) is 23.3 Å². The fourth-order valence-electron chi connectivity index (χ4n) is 2.13. The number of H-pyrrole nitrogens is 1. The highest BCUT2D eigenvalue weighted by atomic mass is 79.9. The van der Waals surface area contributed by atoms with Gasteiger partial charge in [0, 0.05) is 29.8 Å². The van der Waals surface area contributed by atoms with Crippen molar-refractivity contribution in [3.05, 3.63) is 34.2 Å². The molecule has 1 heterocycles. The third kappa shape index (κ3) is 3.19. The van der Waals surface area contributed by atoms with Crippen molar-refractivity contribution in [2.45, 2.75) is 24.1 Å². The molecule has 1 amide bonds. The van der Waals surface area contributed by atoms with Gasteiger partial charge in [0.2, 0.25) is 0 Å². The van der Waals surface area contributed by atoms with Gasteiger partial charge < -0.3 is 10.3 Å². The van der Waals surface area contributed by atoms with Crippen LogP contribution in [0.25, 0.3) is 0 Å². The van der Waals surface area contributed by atoms with Gasteiger partial charge in [-0.2, -0.15) is 0 Å². The molecule has 0 spiro atoms. The van der Waals surface area contributed by atoms with Gasteiger partial charge in [-0.1, -0.05) is 15.9 Å². The summed E-state index contributed by atoms with van der Waals surface area (Å²) < 4.78 is 0. The zero-order valence-electron chi connectivity index (χ0n) is 9.41. The molecular weight excluding hydrogens is 284 g/mol. The number of hydrogen-bond acceptors (Lipinski definition) is 2. The molecule has 1 fully saturated rings. The zero-order chi connectivity index (χ0) is 12.3. The molecule has 2 rings (SSSR count). The van der Waals surface area contributed by atoms with Gasteiger partial charge in [-0.25, -0.2) is 0 Å². The molecule has 1 aliphatic carbocycles. The van der Waals surface area contributed by atoms with E-state index in [0.29, 0.717) is 17.3 Å². The second-order valence-corrected chi connectivity index (χ2v) is 5.70. The monoisotopic (exact) mass is 298 g/mol. The number of alkyl halides is 1. The summed E-state index contributed by atoms with van der Waals surface area (Å²) >= 11 is 3.57. The van der Waals surface area contributed by atoms with Crippen LogP contribution in [-0.4, -0.2) is 22.3 Å². The van der Waals surface area contributed by atoms with Crippen LogP contribution in [0.3, 0.4) is 0 Å². The lowest BCUT2D eigenvalue weighted by Gasteiger charge is -2.10. The van der Waals surface area contributed by atoms with E-state index in [1.165, 1.54) is 18.5 Å². The van der Waals surface area contributed by atoms with Crippen molar-refractivity contribution in [3.8, 4) is 0 Å². The molecule has 1 saturated carbocycles. The van der Waals surface area contributed by atoms with Crippen molar-refractivity contribution >= 4 is 21.8 Å². The molecular formula is C12H15BrN2O2. The third-order valence-electron chi connectivity index (χ3n) is 3.10. The van der Waals surface area contributed by atoms with Gasteiger partial charge in [0.15, 0.2) is 5.43 Å². The molecule has 2 unspecified atom stereocenters. The van der Waals surface area contributed by atoms with Crippen molar-refractivity contribution in [1.29, 1.82) is 0 Å². The average molecular weight is 299 g/mol. The van der Waals surface area contributed by atoms with Crippen LogP contribution < -0.4 is 10.7 Å². The Bertz CT molecular complexity index is 458. The highest BCUT2D eigenvalue weighted by molar-refractivity contribution is 9.09. The lowest BCUT2D eigenvalue weighted by atomic mass is 10.1. The Kier molecular flexibility index (Phi) is 3.99. The number of hydrogen-bond donors (Lipinski definition) is 2. The summed E-state index contributed by atoms with van der Waals surface area (Å²) in [7, 11) is 0. The third-order valence-corrected chi connectivity index (χ3v) is 3.93. The highest BCUT2D eigenvalue weighted by Crippen LogP contribution is 2.29. The Morgan fingerprint density at radius 3 is 3.00 bits per heavy atom. The summed E-state index contributed by atoms with van der Waals surface area (Å²) in [6, 6.07) is 1.36. The van der Waals surface area contributed by atoms with Gasteiger partial charge in [0.1, 0.15) is 5.56 Å². The van der Waals surface area contributed by atoms with Gasteiger partial charge in [0.05, 0.1) is 0 Å². The molecule has 1 aliphatic rings. The number of nitrogens with one attached hydrogen (secondary N) is 2. The minimum absolute atomic E-state index is 0.181. The van der Waals surface area contributed by atoms with E-state index >= 15 is 0 Å². The van der Waals surface area contributed by atoms with E-state index in [4.69, 9.17) is 0 Å². The van der Waals surface area contributed by atoms with E-state index in [0.717, 1.165) is 19.3 Å². The summed E-state index contributed by atoms with van der Waals surface area (Å²) in [6.45, 7) is 0.648. The average Bonchev–Trinajstić information content (AvgIpc) is 2.73. The van der Waals surface area contributed by atoms with Gasteiger partial charge in [-0.3, -0.25) is 9.59 Å². The first-order valence-electron chi connectivity index (χ1n) is 5.76. The van der Waals surface area contributed by atoms with Crippen LogP contribution in [-0.2, 0) is 0 Å². The quantitative estimate of drug-likeness (QED) is 0.834. The van der Waals surface area contributed by atoms with Crippen molar-refractivity contribution in [3.63, 3.8) is 0 Å². The fourth-order valence-corrected chi connectivity index (χ4v) is 2.92. The smallest absolute Gasteiger partial charge is 0.256 e. The molecule has 5 heteroatoms. The molecule has 0 saturated heterocycles. The van der Waals surface area contributed by atoms with Crippen LogP contribution in [0.5, 0.6) is 0 Å². The Balaban J connectivity index is 1.90. The molecule has 0 aliphatic heterocycles. The number of carbonyl (C=O) groups is 1. The SMILES string of the molecule is O=C(NCC1CCC(Br)C1)c1c[nH]ccc1=O. The van der Waals surface area contributed by atoms with Gasteiger partial charge in [-0.15, -0.1) is 0 Å². The topological polar surface area (TPSA) is 62.0 Å². The Hall–Kier alpha value is -1.10. The minimum Gasteiger partial charge on any atom is -0.367 e. The summed E-state index contributed by atoms with van der Waals surface area (Å²) in [5.41, 5.74) is -0.0630. The maximum atomic E-state index is 11.8. The van der Waals surface area contributed by atoms with Crippen molar-refractivity contribution in [2.75, 3.05) is 6.54 Å². The van der Waals surface area contributed by atoms with Crippen molar-refractivity contribution in [1.82, 2.24) is 10.3 Å². The number of halogens is 1. The summed E-state index contributed by atoms with van der Waals surface area (Å²) in [6.07, 6.45) is 6.34. The number of amides is 1. The van der Waals surface area contributed by atoms with Gasteiger partial charge >= 0.3 is 0 Å². The molecule has 1 aromatic rings. The van der Waals surface area contributed by atoms with Crippen LogP contribution in [0.4, 0.5) is 0 Å². The first kappa shape index (κ1) is 12.4. The van der Waals surface area contributed by atoms with E-state index in [2.05, 4.69) is 26.2 Å². The number of aromatic nitrogens is 1. The Labute approximate surface area is 108 Å². The largest absolute Gasteiger partial charge is 0.367 e. The molecule has 17 heavy (non-hydrogen) atoms. The van der Waals surface area contributed by atoms with Crippen LogP contribution in [0.2, 0.25) is 0 Å². The van der Waals surface area contributed by atoms with E-state index in [1.807, 2.05) is 0 Å². The molecule has 1 aromatic heterocycles. The first-order valence-corrected chi connectivity index (χ1v) is 6.67. The summed E-state index contributed by atoms with van der Waals surface area (Å²) in [5.74, 6) is 0.232. The van der Waals surface area contributed by atoms with E-state index < -0.39 is 0 Å². The molecule has 2 atom stereocenters. The van der Waals surface area contributed by atoms with Gasteiger partial charge in [-0.05, 0) is 25.2 Å². The summed E-state index contributed by atoms with van der Waals surface area (Å²) in [4.78, 5) is 26.5. The Morgan fingerprint density at radius 1 is 1.53 bits per heavy atom. The normalized spacial score (nSPS) is 23.6. The molecule has 0 aromatic carbocycles. The summed E-state index contributed by atoms with van der Waals surface area (Å²) in [5, 5.41) is 2.82. The maximum Gasteiger partial charge on any atom is 0.256 e. The molecule has 0 radical (unpaired) electrons. The van der Waals surface area contributed by atoms with Crippen LogP contribution in [0, 0.1) is 5.92 Å². The van der Waals surface area contributed by atoms with E-state index in [9.17, 15) is 9.59 Å². The fraction of sp³-hybridized carbons (Fsp3) is 0.500. The lowest BCUT2D eigenvalue weighted by Crippen LogP contribution is -2.32. The number of rotatable bonds is 3. The first-order chi connectivity index (χ1) is 8.16.